The van der Waals surface area contributed by atoms with Crippen LogP contribution in [0.5, 0.6) is 0 Å². The normalized spacial score (nSPS) is 20.6. The van der Waals surface area contributed by atoms with Crippen molar-refractivity contribution in [2.24, 2.45) is 5.73 Å². The van der Waals surface area contributed by atoms with Crippen LogP contribution in [0.2, 0.25) is 0 Å². The van der Waals surface area contributed by atoms with E-state index in [1.807, 2.05) is 0 Å². The van der Waals surface area contributed by atoms with Crippen molar-refractivity contribution in [1.29, 1.82) is 0 Å². The molecule has 0 bridgehead atoms. The average Bonchev–Trinajstić information content (AvgIpc) is 1.94. The molecule has 76 valence electrons. The van der Waals surface area contributed by atoms with Crippen LogP contribution in [-0.4, -0.2) is 28.7 Å². The van der Waals surface area contributed by atoms with E-state index in [0.717, 1.165) is 19.3 Å². The van der Waals surface area contributed by atoms with Gasteiger partial charge >= 0.3 is 0 Å². The summed E-state index contributed by atoms with van der Waals surface area (Å²) in [4.78, 5) is 11.4. The lowest BCUT2D eigenvalue weighted by Crippen LogP contribution is -2.59. The average molecular weight is 186 g/mol. The summed E-state index contributed by atoms with van der Waals surface area (Å²) in [7, 11) is 0. The minimum Gasteiger partial charge on any atom is -0.389 e. The predicted molar refractivity (Wildman–Crippen MR) is 50.1 cm³/mol. The molecule has 0 radical (unpaired) electrons. The highest BCUT2D eigenvalue weighted by atomic mass is 16.3. The molecular formula is C9H18N2O2. The topological polar surface area (TPSA) is 75.3 Å². The predicted octanol–water partition coefficient (Wildman–Crippen LogP) is -0.245. The first-order chi connectivity index (χ1) is 5.83. The van der Waals surface area contributed by atoms with Gasteiger partial charge in [-0.25, -0.2) is 0 Å². The summed E-state index contributed by atoms with van der Waals surface area (Å²) >= 11 is 0. The molecule has 0 spiro atoms. The number of hydrogen-bond donors (Lipinski definition) is 3. The number of nitrogens with two attached hydrogens (primary N) is 1. The lowest BCUT2D eigenvalue weighted by molar-refractivity contribution is -0.130. The minimum absolute atomic E-state index is 0.138. The third-order valence-electron chi connectivity index (χ3n) is 2.38. The Kier molecular flexibility index (Phi) is 2.63. The van der Waals surface area contributed by atoms with Crippen LogP contribution in [0.3, 0.4) is 0 Å². The second-order valence-electron chi connectivity index (χ2n) is 4.50. The molecule has 0 unspecified atom stereocenters. The van der Waals surface area contributed by atoms with Crippen molar-refractivity contribution >= 4 is 5.91 Å². The van der Waals surface area contributed by atoms with Gasteiger partial charge in [0.15, 0.2) is 0 Å². The van der Waals surface area contributed by atoms with E-state index in [9.17, 15) is 9.90 Å². The highest BCUT2D eigenvalue weighted by Gasteiger charge is 2.40. The molecule has 0 aliphatic heterocycles. The van der Waals surface area contributed by atoms with Gasteiger partial charge in [-0.2, -0.15) is 0 Å². The third-order valence-corrected chi connectivity index (χ3v) is 2.38. The van der Waals surface area contributed by atoms with Gasteiger partial charge in [0.2, 0.25) is 5.91 Å². The smallest absolute Gasteiger partial charge is 0.240 e. The van der Waals surface area contributed by atoms with Crippen LogP contribution < -0.4 is 11.1 Å². The van der Waals surface area contributed by atoms with E-state index in [0.29, 0.717) is 0 Å². The highest BCUT2D eigenvalue weighted by molar-refractivity contribution is 5.87. The molecular weight excluding hydrogens is 168 g/mol. The number of carbonyl (C=O) groups is 1. The first kappa shape index (κ1) is 10.5. The summed E-state index contributed by atoms with van der Waals surface area (Å²) in [5, 5.41) is 12.0. The number of amides is 1. The maximum atomic E-state index is 11.4. The molecule has 1 saturated carbocycles. The van der Waals surface area contributed by atoms with E-state index >= 15 is 0 Å². The van der Waals surface area contributed by atoms with Crippen LogP contribution in [-0.2, 0) is 4.79 Å². The van der Waals surface area contributed by atoms with E-state index in [2.05, 4.69) is 5.32 Å². The summed E-state index contributed by atoms with van der Waals surface area (Å²) in [5.41, 5.74) is 4.26. The Balaban J connectivity index is 2.34. The van der Waals surface area contributed by atoms with E-state index in [-0.39, 0.29) is 12.5 Å². The molecule has 0 aromatic rings. The van der Waals surface area contributed by atoms with Crippen molar-refractivity contribution < 1.29 is 9.90 Å². The zero-order chi connectivity index (χ0) is 10.1. The van der Waals surface area contributed by atoms with E-state index < -0.39 is 11.1 Å². The summed E-state index contributed by atoms with van der Waals surface area (Å²) in [6, 6.07) is 0. The molecule has 1 aliphatic carbocycles. The van der Waals surface area contributed by atoms with Crippen molar-refractivity contribution in [2.75, 3.05) is 6.54 Å². The molecule has 0 aromatic carbocycles. The van der Waals surface area contributed by atoms with Gasteiger partial charge in [0.25, 0.3) is 0 Å². The third kappa shape index (κ3) is 2.67. The first-order valence-corrected chi connectivity index (χ1v) is 4.63. The number of aliphatic hydroxyl groups is 1. The molecule has 0 aromatic heterocycles. The molecule has 4 nitrogen and oxygen atoms in total. The van der Waals surface area contributed by atoms with Crippen LogP contribution in [0.1, 0.15) is 33.1 Å². The largest absolute Gasteiger partial charge is 0.389 e. The number of rotatable bonds is 3. The van der Waals surface area contributed by atoms with Gasteiger partial charge in [-0.1, -0.05) is 0 Å². The van der Waals surface area contributed by atoms with Crippen molar-refractivity contribution in [3.63, 3.8) is 0 Å². The molecule has 1 fully saturated rings. The van der Waals surface area contributed by atoms with Gasteiger partial charge < -0.3 is 16.2 Å². The molecule has 1 amide bonds. The van der Waals surface area contributed by atoms with Crippen molar-refractivity contribution in [1.82, 2.24) is 5.32 Å². The maximum Gasteiger partial charge on any atom is 0.240 e. The Morgan fingerprint density at radius 2 is 2.15 bits per heavy atom. The molecule has 0 heterocycles. The Bertz CT molecular complexity index is 204. The quantitative estimate of drug-likeness (QED) is 0.569. The number of hydrogen-bond acceptors (Lipinski definition) is 3. The Hall–Kier alpha value is -0.610. The number of carbonyl (C=O) groups excluding carboxylic acids is 1. The molecule has 0 atom stereocenters. The standard InChI is InChI=1S/C9H18N2O2/c1-8(2,13)6-11-7(12)9(10)4-3-5-9/h13H,3-6,10H2,1-2H3,(H,11,12). The second-order valence-corrected chi connectivity index (χ2v) is 4.50. The lowest BCUT2D eigenvalue weighted by atomic mass is 9.77. The molecule has 4 N–H and O–H groups in total. The Morgan fingerprint density at radius 3 is 2.46 bits per heavy atom. The van der Waals surface area contributed by atoms with Crippen molar-refractivity contribution in [2.45, 2.75) is 44.2 Å². The zero-order valence-electron chi connectivity index (χ0n) is 8.26. The van der Waals surface area contributed by atoms with E-state index in [4.69, 9.17) is 5.73 Å². The summed E-state index contributed by atoms with van der Waals surface area (Å²) in [5.74, 6) is -0.138. The van der Waals surface area contributed by atoms with Crippen LogP contribution >= 0.6 is 0 Å². The van der Waals surface area contributed by atoms with Gasteiger partial charge in [0, 0.05) is 6.54 Å². The maximum absolute atomic E-state index is 11.4. The van der Waals surface area contributed by atoms with Crippen LogP contribution in [0.25, 0.3) is 0 Å². The Morgan fingerprint density at radius 1 is 1.62 bits per heavy atom. The SMILES string of the molecule is CC(C)(O)CNC(=O)C1(N)CCC1. The van der Waals surface area contributed by atoms with Crippen LogP contribution in [0, 0.1) is 0 Å². The van der Waals surface area contributed by atoms with E-state index in [1.165, 1.54) is 0 Å². The van der Waals surface area contributed by atoms with Gasteiger partial charge in [-0.15, -0.1) is 0 Å². The number of nitrogens with one attached hydrogen (secondary N) is 1. The Labute approximate surface area is 78.5 Å². The van der Waals surface area contributed by atoms with Gasteiger partial charge in [0.05, 0.1) is 11.1 Å². The van der Waals surface area contributed by atoms with Gasteiger partial charge in [-0.05, 0) is 33.1 Å². The zero-order valence-corrected chi connectivity index (χ0v) is 8.26. The van der Waals surface area contributed by atoms with E-state index in [1.54, 1.807) is 13.8 Å². The highest BCUT2D eigenvalue weighted by Crippen LogP contribution is 2.28. The van der Waals surface area contributed by atoms with Gasteiger partial charge in [-0.3, -0.25) is 4.79 Å². The molecule has 4 heteroatoms. The molecule has 0 saturated heterocycles. The summed E-state index contributed by atoms with van der Waals surface area (Å²) in [6.45, 7) is 3.55. The van der Waals surface area contributed by atoms with Gasteiger partial charge in [0.1, 0.15) is 0 Å². The fourth-order valence-corrected chi connectivity index (χ4v) is 1.26. The first-order valence-electron chi connectivity index (χ1n) is 4.63. The molecule has 1 rings (SSSR count). The van der Waals surface area contributed by atoms with Crippen molar-refractivity contribution in [3.8, 4) is 0 Å². The minimum atomic E-state index is -0.865. The molecule has 1 aliphatic rings. The van der Waals surface area contributed by atoms with Crippen molar-refractivity contribution in [3.05, 3.63) is 0 Å². The fraction of sp³-hybridized carbons (Fsp3) is 0.889. The lowest BCUT2D eigenvalue weighted by Gasteiger charge is -2.36. The van der Waals surface area contributed by atoms with Crippen LogP contribution in [0.15, 0.2) is 0 Å². The molecule has 13 heavy (non-hydrogen) atoms. The summed E-state index contributed by atoms with van der Waals surface area (Å²) in [6.07, 6.45) is 2.53. The summed E-state index contributed by atoms with van der Waals surface area (Å²) < 4.78 is 0. The fourth-order valence-electron chi connectivity index (χ4n) is 1.26. The second kappa shape index (κ2) is 3.27. The van der Waals surface area contributed by atoms with Crippen LogP contribution in [0.4, 0.5) is 0 Å². The monoisotopic (exact) mass is 186 g/mol.